The summed E-state index contributed by atoms with van der Waals surface area (Å²) < 4.78 is 10.5. The van der Waals surface area contributed by atoms with Crippen LogP contribution >= 0.6 is 0 Å². The second-order valence-electron chi connectivity index (χ2n) is 6.28. The van der Waals surface area contributed by atoms with E-state index in [1.165, 1.54) is 13.8 Å². The lowest BCUT2D eigenvalue weighted by atomic mass is 10.0. The number of aromatic amines is 1. The Morgan fingerprint density at radius 2 is 1.85 bits per heavy atom. The van der Waals surface area contributed by atoms with Crippen molar-refractivity contribution >= 4 is 17.5 Å². The van der Waals surface area contributed by atoms with Crippen molar-refractivity contribution < 1.29 is 23.9 Å². The Hall–Kier alpha value is -2.89. The number of Topliss-reactive ketones (excluding diaryl/α,β-unsaturated/α-hetero) is 2. The number of rotatable bonds is 7. The van der Waals surface area contributed by atoms with Gasteiger partial charge in [0.05, 0.1) is 5.69 Å². The van der Waals surface area contributed by atoms with Crippen molar-refractivity contribution in [3.8, 4) is 5.75 Å². The van der Waals surface area contributed by atoms with Gasteiger partial charge < -0.3 is 14.5 Å². The highest BCUT2D eigenvalue weighted by Crippen LogP contribution is 2.20. The second kappa shape index (κ2) is 7.99. The zero-order valence-corrected chi connectivity index (χ0v) is 15.6. The molecule has 0 saturated carbocycles. The Kier molecular flexibility index (Phi) is 5.97. The molecule has 26 heavy (non-hydrogen) atoms. The monoisotopic (exact) mass is 357 g/mol. The molecule has 2 aromatic rings. The third-order valence-corrected chi connectivity index (χ3v) is 4.06. The maximum absolute atomic E-state index is 12.5. The van der Waals surface area contributed by atoms with E-state index in [4.69, 9.17) is 9.47 Å². The average molecular weight is 357 g/mol. The summed E-state index contributed by atoms with van der Waals surface area (Å²) in [5.74, 6) is -0.587. The Balaban J connectivity index is 1.99. The number of carbonyl (C=O) groups excluding carboxylic acids is 3. The van der Waals surface area contributed by atoms with E-state index in [1.807, 2.05) is 19.1 Å². The quantitative estimate of drug-likeness (QED) is 0.607. The van der Waals surface area contributed by atoms with Gasteiger partial charge in [-0.25, -0.2) is 4.79 Å². The largest absolute Gasteiger partial charge is 0.482 e. The SMILES string of the molecule is CC(=O)c1c(C)[nH]c(C(=O)[C@H](C)OC(=O)COc2cccc(C)c2)c1C. The van der Waals surface area contributed by atoms with Crippen LogP contribution in [0.15, 0.2) is 24.3 Å². The van der Waals surface area contributed by atoms with E-state index in [0.717, 1.165) is 5.56 Å². The fraction of sp³-hybridized carbons (Fsp3) is 0.350. The van der Waals surface area contributed by atoms with Crippen LogP contribution in [0.1, 0.15) is 51.5 Å². The summed E-state index contributed by atoms with van der Waals surface area (Å²) >= 11 is 0. The summed E-state index contributed by atoms with van der Waals surface area (Å²) in [5, 5.41) is 0. The number of H-pyrrole nitrogens is 1. The molecule has 1 heterocycles. The van der Waals surface area contributed by atoms with Gasteiger partial charge in [0.1, 0.15) is 5.75 Å². The summed E-state index contributed by atoms with van der Waals surface area (Å²) in [4.78, 5) is 39.1. The summed E-state index contributed by atoms with van der Waals surface area (Å²) in [5.41, 5.74) is 2.99. The molecule has 2 rings (SSSR count). The second-order valence-corrected chi connectivity index (χ2v) is 6.28. The molecule has 0 aliphatic carbocycles. The molecular weight excluding hydrogens is 334 g/mol. The molecule has 0 saturated heterocycles. The van der Waals surface area contributed by atoms with Crippen LogP contribution in [0.3, 0.4) is 0 Å². The zero-order chi connectivity index (χ0) is 19.4. The fourth-order valence-corrected chi connectivity index (χ4v) is 2.86. The predicted molar refractivity (Wildman–Crippen MR) is 96.8 cm³/mol. The third kappa shape index (κ3) is 4.39. The van der Waals surface area contributed by atoms with Crippen LogP contribution in [-0.2, 0) is 9.53 Å². The van der Waals surface area contributed by atoms with E-state index in [9.17, 15) is 14.4 Å². The van der Waals surface area contributed by atoms with E-state index in [2.05, 4.69) is 4.98 Å². The maximum Gasteiger partial charge on any atom is 0.344 e. The number of aromatic nitrogens is 1. The normalized spacial score (nSPS) is 11.7. The standard InChI is InChI=1S/C20H23NO5/c1-11-7-6-8-16(9-11)25-10-17(23)26-15(5)20(24)19-12(2)18(14(4)22)13(3)21-19/h6-9,15,21H,10H2,1-5H3/t15-/m0/s1. The number of ether oxygens (including phenoxy) is 2. The molecule has 0 amide bonds. The van der Waals surface area contributed by atoms with Crippen LogP contribution in [0.25, 0.3) is 0 Å². The minimum atomic E-state index is -0.986. The number of ketones is 2. The van der Waals surface area contributed by atoms with Gasteiger partial charge in [-0.3, -0.25) is 9.59 Å². The average Bonchev–Trinajstić information content (AvgIpc) is 2.86. The van der Waals surface area contributed by atoms with E-state index in [-0.39, 0.29) is 23.9 Å². The molecule has 0 fully saturated rings. The molecule has 6 nitrogen and oxygen atoms in total. The van der Waals surface area contributed by atoms with Crippen LogP contribution in [-0.4, -0.2) is 35.2 Å². The molecule has 1 aromatic carbocycles. The Morgan fingerprint density at radius 3 is 2.42 bits per heavy atom. The molecule has 0 bridgehead atoms. The van der Waals surface area contributed by atoms with Gasteiger partial charge in [0.2, 0.25) is 5.78 Å². The van der Waals surface area contributed by atoms with Crippen LogP contribution in [0.2, 0.25) is 0 Å². The molecule has 0 radical (unpaired) electrons. The summed E-state index contributed by atoms with van der Waals surface area (Å²) in [6.07, 6.45) is -0.986. The molecule has 0 aliphatic rings. The van der Waals surface area contributed by atoms with E-state index >= 15 is 0 Å². The van der Waals surface area contributed by atoms with Crippen molar-refractivity contribution in [3.63, 3.8) is 0 Å². The van der Waals surface area contributed by atoms with Crippen molar-refractivity contribution in [2.45, 2.75) is 40.7 Å². The van der Waals surface area contributed by atoms with Crippen LogP contribution in [0, 0.1) is 20.8 Å². The topological polar surface area (TPSA) is 85.5 Å². The Bertz CT molecular complexity index is 850. The van der Waals surface area contributed by atoms with Crippen LogP contribution < -0.4 is 4.74 Å². The number of esters is 1. The highest BCUT2D eigenvalue weighted by Gasteiger charge is 2.26. The first-order valence-corrected chi connectivity index (χ1v) is 8.34. The van der Waals surface area contributed by atoms with Gasteiger partial charge in [-0.1, -0.05) is 12.1 Å². The van der Waals surface area contributed by atoms with Gasteiger partial charge in [0.25, 0.3) is 0 Å². The lowest BCUT2D eigenvalue weighted by Gasteiger charge is -2.13. The number of aryl methyl sites for hydroxylation is 2. The lowest BCUT2D eigenvalue weighted by molar-refractivity contribution is -0.148. The van der Waals surface area contributed by atoms with Gasteiger partial charge in [-0.15, -0.1) is 0 Å². The molecule has 1 atom stereocenters. The lowest BCUT2D eigenvalue weighted by Crippen LogP contribution is -2.28. The molecule has 138 valence electrons. The van der Waals surface area contributed by atoms with Gasteiger partial charge >= 0.3 is 5.97 Å². The third-order valence-electron chi connectivity index (χ3n) is 4.06. The summed E-state index contributed by atoms with van der Waals surface area (Å²) in [7, 11) is 0. The summed E-state index contributed by atoms with van der Waals surface area (Å²) in [6, 6.07) is 7.28. The zero-order valence-electron chi connectivity index (χ0n) is 15.6. The highest BCUT2D eigenvalue weighted by atomic mass is 16.6. The van der Waals surface area contributed by atoms with Gasteiger partial charge in [-0.2, -0.15) is 0 Å². The number of hydrogen-bond donors (Lipinski definition) is 1. The van der Waals surface area contributed by atoms with Crippen molar-refractivity contribution in [2.24, 2.45) is 0 Å². The van der Waals surface area contributed by atoms with Crippen molar-refractivity contribution in [3.05, 3.63) is 52.3 Å². The van der Waals surface area contributed by atoms with Crippen LogP contribution in [0.4, 0.5) is 0 Å². The smallest absolute Gasteiger partial charge is 0.344 e. The Labute approximate surface area is 152 Å². The number of nitrogens with one attached hydrogen (secondary N) is 1. The minimum Gasteiger partial charge on any atom is -0.482 e. The molecule has 0 unspecified atom stereocenters. The predicted octanol–water partition coefficient (Wildman–Crippen LogP) is 3.34. The molecule has 0 spiro atoms. The van der Waals surface area contributed by atoms with Crippen molar-refractivity contribution in [1.82, 2.24) is 4.98 Å². The first-order chi connectivity index (χ1) is 12.2. The first-order valence-electron chi connectivity index (χ1n) is 8.34. The number of benzene rings is 1. The minimum absolute atomic E-state index is 0.119. The maximum atomic E-state index is 12.5. The van der Waals surface area contributed by atoms with Crippen LogP contribution in [0.5, 0.6) is 5.75 Å². The fourth-order valence-electron chi connectivity index (χ4n) is 2.86. The van der Waals surface area contributed by atoms with E-state index in [0.29, 0.717) is 22.6 Å². The number of hydrogen-bond acceptors (Lipinski definition) is 5. The molecule has 0 aliphatic heterocycles. The van der Waals surface area contributed by atoms with E-state index < -0.39 is 12.1 Å². The molecule has 1 aromatic heterocycles. The van der Waals surface area contributed by atoms with E-state index in [1.54, 1.807) is 26.0 Å². The summed E-state index contributed by atoms with van der Waals surface area (Å²) in [6.45, 7) is 8.00. The molecule has 1 N–H and O–H groups in total. The molecule has 6 heteroatoms. The van der Waals surface area contributed by atoms with Gasteiger partial charge in [0.15, 0.2) is 18.5 Å². The Morgan fingerprint density at radius 1 is 1.15 bits per heavy atom. The number of carbonyl (C=O) groups is 3. The first kappa shape index (κ1) is 19.4. The van der Waals surface area contributed by atoms with Crippen molar-refractivity contribution in [2.75, 3.05) is 6.61 Å². The van der Waals surface area contributed by atoms with Gasteiger partial charge in [-0.05, 0) is 57.9 Å². The van der Waals surface area contributed by atoms with Crippen molar-refractivity contribution in [1.29, 1.82) is 0 Å². The highest BCUT2D eigenvalue weighted by molar-refractivity contribution is 6.05. The molecular formula is C20H23NO5. The van der Waals surface area contributed by atoms with Gasteiger partial charge in [0, 0.05) is 11.3 Å².